The van der Waals surface area contributed by atoms with Crippen LogP contribution >= 0.6 is 15.9 Å². The Labute approximate surface area is 93.9 Å². The van der Waals surface area contributed by atoms with Crippen molar-refractivity contribution in [3.8, 4) is 11.1 Å². The van der Waals surface area contributed by atoms with E-state index in [4.69, 9.17) is 0 Å². The van der Waals surface area contributed by atoms with Crippen molar-refractivity contribution in [1.29, 1.82) is 0 Å². The highest BCUT2D eigenvalue weighted by atomic mass is 79.9. The molecule has 0 radical (unpaired) electrons. The number of benzene rings is 1. The normalized spacial score (nSPS) is 10.3. The van der Waals surface area contributed by atoms with Crippen molar-refractivity contribution in [1.82, 2.24) is 4.98 Å². The van der Waals surface area contributed by atoms with Gasteiger partial charge in [-0.15, -0.1) is 0 Å². The second-order valence-corrected chi connectivity index (χ2v) is 3.93. The van der Waals surface area contributed by atoms with Crippen LogP contribution in [0.25, 0.3) is 11.1 Å². The lowest BCUT2D eigenvalue weighted by atomic mass is 10.1. The summed E-state index contributed by atoms with van der Waals surface area (Å²) in [7, 11) is 0. The zero-order valence-electron chi connectivity index (χ0n) is 7.55. The molecule has 0 fully saturated rings. The van der Waals surface area contributed by atoms with Crippen LogP contribution in [-0.4, -0.2) is 4.98 Å². The largest absolute Gasteiger partial charge is 0.263 e. The van der Waals surface area contributed by atoms with Crippen molar-refractivity contribution >= 4 is 15.9 Å². The zero-order valence-corrected chi connectivity index (χ0v) is 9.13. The van der Waals surface area contributed by atoms with E-state index in [1.54, 1.807) is 12.3 Å². The average Bonchev–Trinajstić information content (AvgIpc) is 2.17. The molecule has 0 aliphatic heterocycles. The van der Waals surface area contributed by atoms with Crippen LogP contribution in [0.2, 0.25) is 0 Å². The van der Waals surface area contributed by atoms with Crippen LogP contribution in [0.4, 0.5) is 8.78 Å². The molecule has 0 unspecified atom stereocenters. The molecule has 0 aliphatic carbocycles. The zero-order chi connectivity index (χ0) is 10.8. The van der Waals surface area contributed by atoms with Gasteiger partial charge >= 0.3 is 0 Å². The van der Waals surface area contributed by atoms with Crippen LogP contribution in [-0.2, 0) is 0 Å². The molecule has 0 aliphatic rings. The second-order valence-electron chi connectivity index (χ2n) is 3.02. The van der Waals surface area contributed by atoms with Gasteiger partial charge in [-0.3, -0.25) is 4.98 Å². The fraction of sp³-hybridized carbons (Fsp3) is 0. The molecule has 0 saturated carbocycles. The third kappa shape index (κ3) is 2.21. The van der Waals surface area contributed by atoms with Crippen LogP contribution in [0.1, 0.15) is 0 Å². The van der Waals surface area contributed by atoms with Crippen molar-refractivity contribution in [3.63, 3.8) is 0 Å². The maximum Gasteiger partial charge on any atom is 0.133 e. The van der Waals surface area contributed by atoms with Crippen molar-refractivity contribution in [2.75, 3.05) is 0 Å². The van der Waals surface area contributed by atoms with Gasteiger partial charge in [0.05, 0.1) is 0 Å². The summed E-state index contributed by atoms with van der Waals surface area (Å²) in [5, 5.41) is 0. The standard InChI is InChI=1S/C11H6BrF2N/c12-8-3-7(5-15-6-8)10-2-1-9(13)4-11(10)14/h1-6H. The van der Waals surface area contributed by atoms with Crippen molar-refractivity contribution in [2.45, 2.75) is 0 Å². The summed E-state index contributed by atoms with van der Waals surface area (Å²) in [6, 6.07) is 5.20. The predicted molar refractivity (Wildman–Crippen MR) is 57.3 cm³/mol. The van der Waals surface area contributed by atoms with Crippen LogP contribution in [0.15, 0.2) is 41.1 Å². The van der Waals surface area contributed by atoms with Crippen molar-refractivity contribution in [2.24, 2.45) is 0 Å². The summed E-state index contributed by atoms with van der Waals surface area (Å²) in [6.45, 7) is 0. The number of aromatic nitrogens is 1. The highest BCUT2D eigenvalue weighted by Gasteiger charge is 2.06. The van der Waals surface area contributed by atoms with Gasteiger partial charge < -0.3 is 0 Å². The van der Waals surface area contributed by atoms with Gasteiger partial charge in [0.25, 0.3) is 0 Å². The summed E-state index contributed by atoms with van der Waals surface area (Å²) in [5.41, 5.74) is 0.951. The highest BCUT2D eigenvalue weighted by Crippen LogP contribution is 2.24. The molecular weight excluding hydrogens is 264 g/mol. The van der Waals surface area contributed by atoms with E-state index in [1.807, 2.05) is 0 Å². The predicted octanol–water partition coefficient (Wildman–Crippen LogP) is 3.79. The van der Waals surface area contributed by atoms with Gasteiger partial charge in [0.1, 0.15) is 11.6 Å². The van der Waals surface area contributed by atoms with E-state index < -0.39 is 11.6 Å². The Morgan fingerprint density at radius 1 is 1.07 bits per heavy atom. The van der Waals surface area contributed by atoms with Gasteiger partial charge in [0, 0.05) is 34.1 Å². The molecule has 1 aromatic carbocycles. The molecule has 0 bridgehead atoms. The lowest BCUT2D eigenvalue weighted by Gasteiger charge is -2.03. The van der Waals surface area contributed by atoms with Crippen molar-refractivity contribution < 1.29 is 8.78 Å². The molecule has 0 spiro atoms. The monoisotopic (exact) mass is 269 g/mol. The summed E-state index contributed by atoms with van der Waals surface area (Å²) >= 11 is 3.24. The summed E-state index contributed by atoms with van der Waals surface area (Å²) in [5.74, 6) is -1.17. The molecule has 0 N–H and O–H groups in total. The molecular formula is C11H6BrF2N. The van der Waals surface area contributed by atoms with E-state index in [9.17, 15) is 8.78 Å². The third-order valence-corrected chi connectivity index (χ3v) is 2.38. The molecule has 1 nitrogen and oxygen atoms in total. The molecule has 0 atom stereocenters. The molecule has 2 rings (SSSR count). The van der Waals surface area contributed by atoms with Crippen LogP contribution in [0.5, 0.6) is 0 Å². The topological polar surface area (TPSA) is 12.9 Å². The first-order valence-corrected chi connectivity index (χ1v) is 5.02. The third-order valence-electron chi connectivity index (χ3n) is 1.95. The lowest BCUT2D eigenvalue weighted by molar-refractivity contribution is 0.585. The summed E-state index contributed by atoms with van der Waals surface area (Å²) < 4.78 is 26.8. The molecule has 0 amide bonds. The summed E-state index contributed by atoms with van der Waals surface area (Å²) in [6.07, 6.45) is 3.13. The van der Waals surface area contributed by atoms with E-state index in [0.717, 1.165) is 10.5 Å². The molecule has 1 aromatic heterocycles. The molecule has 1 heterocycles. The quantitative estimate of drug-likeness (QED) is 0.768. The van der Waals surface area contributed by atoms with Crippen LogP contribution < -0.4 is 0 Å². The van der Waals surface area contributed by atoms with E-state index >= 15 is 0 Å². The summed E-state index contributed by atoms with van der Waals surface area (Å²) in [4.78, 5) is 3.92. The molecule has 76 valence electrons. The van der Waals surface area contributed by atoms with E-state index in [1.165, 1.54) is 18.3 Å². The fourth-order valence-corrected chi connectivity index (χ4v) is 1.65. The first-order valence-electron chi connectivity index (χ1n) is 4.23. The van der Waals surface area contributed by atoms with Gasteiger partial charge in [-0.25, -0.2) is 8.78 Å². The van der Waals surface area contributed by atoms with Gasteiger partial charge in [-0.1, -0.05) is 0 Å². The van der Waals surface area contributed by atoms with Crippen molar-refractivity contribution in [3.05, 3.63) is 52.8 Å². The van der Waals surface area contributed by atoms with Gasteiger partial charge in [0.15, 0.2) is 0 Å². The smallest absolute Gasteiger partial charge is 0.133 e. The number of halogens is 3. The first kappa shape index (κ1) is 10.2. The lowest BCUT2D eigenvalue weighted by Crippen LogP contribution is -1.87. The maximum atomic E-state index is 13.4. The molecule has 15 heavy (non-hydrogen) atoms. The minimum atomic E-state index is -0.588. The number of pyridine rings is 1. The van der Waals surface area contributed by atoms with Gasteiger partial charge in [-0.2, -0.15) is 0 Å². The molecule has 2 aromatic rings. The Balaban J connectivity index is 2.54. The van der Waals surface area contributed by atoms with E-state index in [-0.39, 0.29) is 0 Å². The number of rotatable bonds is 1. The van der Waals surface area contributed by atoms with Gasteiger partial charge in [-0.05, 0) is 34.1 Å². The molecule has 4 heteroatoms. The van der Waals surface area contributed by atoms with E-state index in [0.29, 0.717) is 11.1 Å². The van der Waals surface area contributed by atoms with E-state index in [2.05, 4.69) is 20.9 Å². The van der Waals surface area contributed by atoms with Crippen LogP contribution in [0.3, 0.4) is 0 Å². The first-order chi connectivity index (χ1) is 7.16. The fourth-order valence-electron chi connectivity index (χ4n) is 1.28. The Hall–Kier alpha value is -1.29. The Kier molecular flexibility index (Phi) is 2.77. The number of hydrogen-bond donors (Lipinski definition) is 0. The minimum Gasteiger partial charge on any atom is -0.263 e. The number of hydrogen-bond acceptors (Lipinski definition) is 1. The molecule has 0 saturated heterocycles. The second kappa shape index (κ2) is 4.06. The van der Waals surface area contributed by atoms with Gasteiger partial charge in [0.2, 0.25) is 0 Å². The maximum absolute atomic E-state index is 13.4. The SMILES string of the molecule is Fc1ccc(-c2cncc(Br)c2)c(F)c1. The Morgan fingerprint density at radius 3 is 2.53 bits per heavy atom. The number of nitrogens with zero attached hydrogens (tertiary/aromatic N) is 1. The van der Waals surface area contributed by atoms with Crippen LogP contribution in [0, 0.1) is 11.6 Å². The highest BCUT2D eigenvalue weighted by molar-refractivity contribution is 9.10. The average molecular weight is 270 g/mol. The Bertz CT molecular complexity index is 500. The minimum absolute atomic E-state index is 0.338. The Morgan fingerprint density at radius 2 is 1.87 bits per heavy atom.